The summed E-state index contributed by atoms with van der Waals surface area (Å²) in [5.41, 5.74) is 1.17. The number of hydrogen-bond acceptors (Lipinski definition) is 7. The second-order valence-corrected chi connectivity index (χ2v) is 6.21. The Morgan fingerprint density at radius 2 is 2.07 bits per heavy atom. The number of anilines is 3. The van der Waals surface area contributed by atoms with Crippen molar-refractivity contribution in [3.8, 4) is 11.3 Å². The number of nitro groups is 1. The van der Waals surface area contributed by atoms with Crippen molar-refractivity contribution in [2.24, 2.45) is 0 Å². The molecular weight excluding hydrogens is 363 g/mol. The number of pyridine rings is 1. The third kappa shape index (κ3) is 4.56. The van der Waals surface area contributed by atoms with E-state index in [9.17, 15) is 14.5 Å². The van der Waals surface area contributed by atoms with Gasteiger partial charge in [0.2, 0.25) is 11.8 Å². The van der Waals surface area contributed by atoms with Gasteiger partial charge in [-0.05, 0) is 37.6 Å². The maximum Gasteiger partial charge on any atom is 0.306 e. The van der Waals surface area contributed by atoms with E-state index in [1.54, 1.807) is 24.5 Å². The van der Waals surface area contributed by atoms with Crippen LogP contribution >= 0.6 is 0 Å². The lowest BCUT2D eigenvalue weighted by molar-refractivity contribution is -0.387. The summed E-state index contributed by atoms with van der Waals surface area (Å²) < 4.78 is 13.6. The first-order chi connectivity index (χ1) is 13.5. The van der Waals surface area contributed by atoms with Crippen molar-refractivity contribution >= 4 is 23.1 Å². The molecule has 3 aromatic rings. The van der Waals surface area contributed by atoms with Gasteiger partial charge in [-0.1, -0.05) is 6.92 Å². The Balaban J connectivity index is 1.98. The average molecular weight is 382 g/mol. The molecule has 8 nitrogen and oxygen atoms in total. The molecule has 2 heterocycles. The molecular formula is C19H19FN6O2. The molecule has 0 unspecified atom stereocenters. The monoisotopic (exact) mass is 382 g/mol. The Hall–Kier alpha value is -3.62. The summed E-state index contributed by atoms with van der Waals surface area (Å²) in [7, 11) is 0. The molecule has 0 fully saturated rings. The highest BCUT2D eigenvalue weighted by Gasteiger charge is 2.15. The van der Waals surface area contributed by atoms with Gasteiger partial charge in [0.15, 0.2) is 0 Å². The fourth-order valence-electron chi connectivity index (χ4n) is 2.44. The molecule has 0 aliphatic carbocycles. The zero-order valence-electron chi connectivity index (χ0n) is 15.4. The van der Waals surface area contributed by atoms with Crippen molar-refractivity contribution in [2.45, 2.75) is 26.3 Å². The van der Waals surface area contributed by atoms with E-state index in [0.29, 0.717) is 23.1 Å². The zero-order chi connectivity index (χ0) is 20.1. The van der Waals surface area contributed by atoms with Gasteiger partial charge in [0.05, 0.1) is 10.6 Å². The van der Waals surface area contributed by atoms with Crippen molar-refractivity contribution in [1.82, 2.24) is 15.0 Å². The van der Waals surface area contributed by atoms with E-state index in [0.717, 1.165) is 24.1 Å². The molecule has 2 aromatic heterocycles. The number of hydrogen-bond donors (Lipinski definition) is 2. The largest absolute Gasteiger partial charge is 0.352 e. The maximum atomic E-state index is 13.6. The molecule has 0 spiro atoms. The average Bonchev–Trinajstić information content (AvgIpc) is 2.69. The minimum atomic E-state index is -0.895. The van der Waals surface area contributed by atoms with Crippen LogP contribution in [-0.4, -0.2) is 25.9 Å². The molecule has 0 aliphatic rings. The van der Waals surface area contributed by atoms with Crippen molar-refractivity contribution < 1.29 is 9.31 Å². The van der Waals surface area contributed by atoms with Crippen LogP contribution in [0.2, 0.25) is 0 Å². The van der Waals surface area contributed by atoms with E-state index in [1.165, 1.54) is 6.07 Å². The number of halogens is 1. The van der Waals surface area contributed by atoms with E-state index in [2.05, 4.69) is 25.6 Å². The SMILES string of the molecule is CC[C@H](C)Nc1nc(Nc2ccc(F)c([N+](=O)[O-])c2)cc(-c2cccnc2)n1. The number of aromatic nitrogens is 3. The minimum absolute atomic E-state index is 0.156. The molecule has 0 radical (unpaired) electrons. The smallest absolute Gasteiger partial charge is 0.306 e. The van der Waals surface area contributed by atoms with E-state index in [4.69, 9.17) is 0 Å². The first-order valence-electron chi connectivity index (χ1n) is 8.73. The molecule has 1 atom stereocenters. The van der Waals surface area contributed by atoms with Gasteiger partial charge in [-0.2, -0.15) is 9.37 Å². The summed E-state index contributed by atoms with van der Waals surface area (Å²) in [6.07, 6.45) is 4.23. The molecule has 2 N–H and O–H groups in total. The summed E-state index contributed by atoms with van der Waals surface area (Å²) >= 11 is 0. The van der Waals surface area contributed by atoms with Gasteiger partial charge in [0, 0.05) is 41.8 Å². The Kier molecular flexibility index (Phi) is 5.73. The van der Waals surface area contributed by atoms with E-state index in [1.807, 2.05) is 19.9 Å². The highest BCUT2D eigenvalue weighted by Crippen LogP contribution is 2.26. The van der Waals surface area contributed by atoms with Gasteiger partial charge in [-0.25, -0.2) is 4.98 Å². The van der Waals surface area contributed by atoms with Crippen molar-refractivity contribution in [3.05, 3.63) is 64.7 Å². The van der Waals surface area contributed by atoms with Gasteiger partial charge in [0.1, 0.15) is 5.82 Å². The van der Waals surface area contributed by atoms with Crippen molar-refractivity contribution in [2.75, 3.05) is 10.6 Å². The van der Waals surface area contributed by atoms with Crippen molar-refractivity contribution in [3.63, 3.8) is 0 Å². The second-order valence-electron chi connectivity index (χ2n) is 6.21. The van der Waals surface area contributed by atoms with Gasteiger partial charge in [0.25, 0.3) is 0 Å². The van der Waals surface area contributed by atoms with Crippen LogP contribution in [0.15, 0.2) is 48.8 Å². The predicted octanol–water partition coefficient (Wildman–Crippen LogP) is 4.54. The van der Waals surface area contributed by atoms with Crippen LogP contribution in [0.1, 0.15) is 20.3 Å². The van der Waals surface area contributed by atoms with Crippen LogP contribution in [0.25, 0.3) is 11.3 Å². The lowest BCUT2D eigenvalue weighted by atomic mass is 10.2. The molecule has 0 bridgehead atoms. The standard InChI is InChI=1S/C19H19FN6O2/c1-3-12(2)22-19-24-16(13-5-4-8-21-11-13)10-18(25-19)23-14-6-7-15(20)17(9-14)26(27)28/h4-12H,3H2,1-2H3,(H2,22,23,24,25)/t12-/m0/s1. The lowest BCUT2D eigenvalue weighted by Gasteiger charge is -2.14. The normalized spacial score (nSPS) is 11.7. The maximum absolute atomic E-state index is 13.6. The Bertz CT molecular complexity index is 983. The summed E-state index contributed by atoms with van der Waals surface area (Å²) in [5, 5.41) is 17.2. The summed E-state index contributed by atoms with van der Waals surface area (Å²) in [4.78, 5) is 23.3. The minimum Gasteiger partial charge on any atom is -0.352 e. The fraction of sp³-hybridized carbons (Fsp3) is 0.211. The van der Waals surface area contributed by atoms with Gasteiger partial charge >= 0.3 is 5.69 Å². The third-order valence-electron chi connectivity index (χ3n) is 4.09. The Labute approximate surface area is 161 Å². The highest BCUT2D eigenvalue weighted by atomic mass is 19.1. The highest BCUT2D eigenvalue weighted by molar-refractivity contribution is 5.67. The fourth-order valence-corrected chi connectivity index (χ4v) is 2.44. The topological polar surface area (TPSA) is 106 Å². The lowest BCUT2D eigenvalue weighted by Crippen LogP contribution is -2.16. The van der Waals surface area contributed by atoms with E-state index >= 15 is 0 Å². The number of benzene rings is 1. The van der Waals surface area contributed by atoms with Crippen LogP contribution in [0.3, 0.4) is 0 Å². The first kappa shape index (κ1) is 19.2. The first-order valence-corrected chi connectivity index (χ1v) is 8.73. The quantitative estimate of drug-likeness (QED) is 0.456. The van der Waals surface area contributed by atoms with Crippen LogP contribution in [0.5, 0.6) is 0 Å². The molecule has 3 rings (SSSR count). The number of nitro benzene ring substituents is 1. The molecule has 0 saturated heterocycles. The number of rotatable bonds is 7. The third-order valence-corrected chi connectivity index (χ3v) is 4.09. The summed E-state index contributed by atoms with van der Waals surface area (Å²) in [6.45, 7) is 4.05. The zero-order valence-corrected chi connectivity index (χ0v) is 15.4. The number of nitrogens with one attached hydrogen (secondary N) is 2. The van der Waals surface area contributed by atoms with Gasteiger partial charge in [-0.3, -0.25) is 15.1 Å². The molecule has 144 valence electrons. The second kappa shape index (κ2) is 8.38. The molecule has 0 aliphatic heterocycles. The molecule has 28 heavy (non-hydrogen) atoms. The summed E-state index contributed by atoms with van der Waals surface area (Å²) in [6, 6.07) is 9.11. The Morgan fingerprint density at radius 1 is 1.25 bits per heavy atom. The van der Waals surface area contributed by atoms with Crippen LogP contribution < -0.4 is 10.6 Å². The Morgan fingerprint density at radius 3 is 2.75 bits per heavy atom. The van der Waals surface area contributed by atoms with E-state index < -0.39 is 16.4 Å². The summed E-state index contributed by atoms with van der Waals surface area (Å²) in [5.74, 6) is -0.0659. The van der Waals surface area contributed by atoms with Crippen LogP contribution in [0, 0.1) is 15.9 Å². The van der Waals surface area contributed by atoms with Gasteiger partial charge in [-0.15, -0.1) is 0 Å². The van der Waals surface area contributed by atoms with Crippen LogP contribution in [0.4, 0.5) is 27.5 Å². The van der Waals surface area contributed by atoms with Crippen LogP contribution in [-0.2, 0) is 0 Å². The molecule has 0 amide bonds. The predicted molar refractivity (Wildman–Crippen MR) is 105 cm³/mol. The molecule has 0 saturated carbocycles. The van der Waals surface area contributed by atoms with Gasteiger partial charge < -0.3 is 10.6 Å². The molecule has 9 heteroatoms. The van der Waals surface area contributed by atoms with E-state index in [-0.39, 0.29) is 6.04 Å². The molecule has 1 aromatic carbocycles. The van der Waals surface area contributed by atoms with Crippen molar-refractivity contribution in [1.29, 1.82) is 0 Å². The number of nitrogens with zero attached hydrogens (tertiary/aromatic N) is 4.